The molecule has 0 fully saturated rings. The van der Waals surface area contributed by atoms with Crippen LogP contribution in [0.4, 0.5) is 0 Å². The largest absolute Gasteiger partial charge is 0.375 e. The molecular weight excluding hydrogens is 290 g/mol. The van der Waals surface area contributed by atoms with E-state index < -0.39 is 0 Å². The minimum Gasteiger partial charge on any atom is -0.375 e. The molecule has 0 atom stereocenters. The summed E-state index contributed by atoms with van der Waals surface area (Å²) >= 11 is 4.71. The molecule has 22 heavy (non-hydrogen) atoms. The second-order valence-electron chi connectivity index (χ2n) is 6.19. The first-order valence-electron chi connectivity index (χ1n) is 7.16. The zero-order chi connectivity index (χ0) is 16.2. The van der Waals surface area contributed by atoms with Gasteiger partial charge in [-0.2, -0.15) is 5.10 Å². The van der Waals surface area contributed by atoms with Crippen LogP contribution in [0.1, 0.15) is 31.9 Å². The van der Waals surface area contributed by atoms with Gasteiger partial charge in [-0.25, -0.2) is 0 Å². The summed E-state index contributed by atoms with van der Waals surface area (Å²) in [5.74, 6) is 0. The van der Waals surface area contributed by atoms with E-state index in [1.807, 2.05) is 12.1 Å². The van der Waals surface area contributed by atoms with Crippen LogP contribution in [0.3, 0.4) is 0 Å². The summed E-state index contributed by atoms with van der Waals surface area (Å²) in [6.07, 6.45) is 1.70. The quantitative estimate of drug-likeness (QED) is 0.515. The van der Waals surface area contributed by atoms with Crippen molar-refractivity contribution >= 4 is 23.5 Å². The van der Waals surface area contributed by atoms with E-state index in [0.717, 1.165) is 11.1 Å². The number of hydrazone groups is 1. The van der Waals surface area contributed by atoms with E-state index in [0.29, 0.717) is 0 Å². The van der Waals surface area contributed by atoms with Gasteiger partial charge in [-0.3, -0.25) is 5.43 Å². The third kappa shape index (κ3) is 4.40. The normalized spacial score (nSPS) is 11.6. The van der Waals surface area contributed by atoms with Crippen LogP contribution in [0, 0.1) is 0 Å². The second kappa shape index (κ2) is 6.71. The standard InChI is InChI=1S/C18H21N3S/c1-18(2,3)16-9-7-14(8-10-16)15-6-4-5-13(11-15)12-20-21-17(19)22/h4-12H,1-3H3,(H3,19,21,22). The van der Waals surface area contributed by atoms with Crippen molar-refractivity contribution < 1.29 is 0 Å². The average molecular weight is 311 g/mol. The van der Waals surface area contributed by atoms with Crippen LogP contribution in [0.2, 0.25) is 0 Å². The number of nitrogens with two attached hydrogens (primary N) is 1. The molecule has 0 unspecified atom stereocenters. The molecule has 0 aliphatic carbocycles. The zero-order valence-electron chi connectivity index (χ0n) is 13.1. The first-order chi connectivity index (χ1) is 10.4. The van der Waals surface area contributed by atoms with Crippen LogP contribution in [-0.2, 0) is 5.41 Å². The van der Waals surface area contributed by atoms with Crippen LogP contribution in [0.15, 0.2) is 53.6 Å². The van der Waals surface area contributed by atoms with E-state index >= 15 is 0 Å². The van der Waals surface area contributed by atoms with Crippen LogP contribution >= 0.6 is 12.2 Å². The van der Waals surface area contributed by atoms with Crippen LogP contribution in [0.5, 0.6) is 0 Å². The van der Waals surface area contributed by atoms with Gasteiger partial charge in [0.05, 0.1) is 6.21 Å². The van der Waals surface area contributed by atoms with Gasteiger partial charge in [0.1, 0.15) is 0 Å². The maximum absolute atomic E-state index is 5.33. The molecule has 2 rings (SSSR count). The Morgan fingerprint density at radius 1 is 1.09 bits per heavy atom. The lowest BCUT2D eigenvalue weighted by Gasteiger charge is -2.19. The molecule has 0 aliphatic heterocycles. The SMILES string of the molecule is CC(C)(C)c1ccc(-c2cccc(C=NNC(N)=S)c2)cc1. The van der Waals surface area contributed by atoms with Crippen molar-refractivity contribution in [1.29, 1.82) is 0 Å². The molecule has 0 radical (unpaired) electrons. The smallest absolute Gasteiger partial charge is 0.184 e. The van der Waals surface area contributed by atoms with Gasteiger partial charge < -0.3 is 5.73 Å². The van der Waals surface area contributed by atoms with Gasteiger partial charge in [0.15, 0.2) is 5.11 Å². The van der Waals surface area contributed by atoms with E-state index in [9.17, 15) is 0 Å². The van der Waals surface area contributed by atoms with Crippen molar-refractivity contribution in [3.63, 3.8) is 0 Å². The molecule has 0 bridgehead atoms. The number of rotatable bonds is 3. The minimum atomic E-state index is 0.158. The van der Waals surface area contributed by atoms with E-state index in [2.05, 4.69) is 67.7 Å². The summed E-state index contributed by atoms with van der Waals surface area (Å²) in [5.41, 5.74) is 12.7. The monoisotopic (exact) mass is 311 g/mol. The van der Waals surface area contributed by atoms with Gasteiger partial charge in [0.2, 0.25) is 0 Å². The highest BCUT2D eigenvalue weighted by Crippen LogP contribution is 2.26. The summed E-state index contributed by atoms with van der Waals surface area (Å²) < 4.78 is 0. The number of nitrogens with one attached hydrogen (secondary N) is 1. The molecule has 2 aromatic carbocycles. The summed E-state index contributed by atoms with van der Waals surface area (Å²) in [7, 11) is 0. The van der Waals surface area contributed by atoms with E-state index in [4.69, 9.17) is 18.0 Å². The summed E-state index contributed by atoms with van der Waals surface area (Å²) in [6, 6.07) is 16.8. The number of benzene rings is 2. The second-order valence-corrected chi connectivity index (χ2v) is 6.63. The Hall–Kier alpha value is -2.20. The lowest BCUT2D eigenvalue weighted by molar-refractivity contribution is 0.590. The number of nitrogens with zero attached hydrogens (tertiary/aromatic N) is 1. The lowest BCUT2D eigenvalue weighted by Crippen LogP contribution is -2.23. The number of hydrogen-bond donors (Lipinski definition) is 2. The fourth-order valence-electron chi connectivity index (χ4n) is 2.13. The first kappa shape index (κ1) is 16.2. The van der Waals surface area contributed by atoms with Crippen molar-refractivity contribution in [2.75, 3.05) is 0 Å². The predicted molar refractivity (Wildman–Crippen MR) is 98.1 cm³/mol. The molecule has 0 heterocycles. The fraction of sp³-hybridized carbons (Fsp3) is 0.222. The van der Waals surface area contributed by atoms with Gasteiger partial charge in [-0.05, 0) is 46.0 Å². The number of hydrogen-bond acceptors (Lipinski definition) is 2. The Bertz CT molecular complexity index is 682. The Labute approximate surface area is 137 Å². The minimum absolute atomic E-state index is 0.158. The first-order valence-corrected chi connectivity index (χ1v) is 7.56. The van der Waals surface area contributed by atoms with Gasteiger partial charge in [-0.15, -0.1) is 0 Å². The van der Waals surface area contributed by atoms with Crippen LogP contribution in [-0.4, -0.2) is 11.3 Å². The molecule has 0 spiro atoms. The topological polar surface area (TPSA) is 50.4 Å². The molecule has 2 aromatic rings. The van der Waals surface area contributed by atoms with E-state index in [1.54, 1.807) is 6.21 Å². The predicted octanol–water partition coefficient (Wildman–Crippen LogP) is 3.82. The molecule has 0 saturated carbocycles. The maximum Gasteiger partial charge on any atom is 0.184 e. The zero-order valence-corrected chi connectivity index (χ0v) is 13.9. The van der Waals surface area contributed by atoms with Crippen molar-refractivity contribution in [2.24, 2.45) is 10.8 Å². The summed E-state index contributed by atoms with van der Waals surface area (Å²) in [6.45, 7) is 6.65. The van der Waals surface area contributed by atoms with Crippen molar-refractivity contribution in [3.05, 3.63) is 59.7 Å². The third-order valence-corrected chi connectivity index (χ3v) is 3.45. The molecular formula is C18H21N3S. The van der Waals surface area contributed by atoms with Crippen LogP contribution < -0.4 is 11.2 Å². The van der Waals surface area contributed by atoms with Crippen LogP contribution in [0.25, 0.3) is 11.1 Å². The molecule has 114 valence electrons. The summed E-state index contributed by atoms with van der Waals surface area (Å²) in [5, 5.41) is 4.14. The van der Waals surface area contributed by atoms with Gasteiger partial charge in [0.25, 0.3) is 0 Å². The fourth-order valence-corrected chi connectivity index (χ4v) is 2.18. The highest BCUT2D eigenvalue weighted by atomic mass is 32.1. The maximum atomic E-state index is 5.33. The van der Waals surface area contributed by atoms with E-state index in [-0.39, 0.29) is 10.5 Å². The van der Waals surface area contributed by atoms with Gasteiger partial charge in [-0.1, -0.05) is 63.2 Å². The molecule has 0 amide bonds. The Morgan fingerprint density at radius 3 is 2.36 bits per heavy atom. The average Bonchev–Trinajstić information content (AvgIpc) is 2.46. The molecule has 0 saturated heterocycles. The molecule has 3 N–H and O–H groups in total. The molecule has 0 aliphatic rings. The van der Waals surface area contributed by atoms with E-state index in [1.165, 1.54) is 11.1 Å². The number of thiocarbonyl (C=S) groups is 1. The van der Waals surface area contributed by atoms with Gasteiger partial charge >= 0.3 is 0 Å². The van der Waals surface area contributed by atoms with Crippen molar-refractivity contribution in [3.8, 4) is 11.1 Å². The molecule has 0 aromatic heterocycles. The Balaban J connectivity index is 2.22. The Kier molecular flexibility index (Phi) is 4.93. The third-order valence-electron chi connectivity index (χ3n) is 3.36. The van der Waals surface area contributed by atoms with Crippen molar-refractivity contribution in [1.82, 2.24) is 5.43 Å². The highest BCUT2D eigenvalue weighted by Gasteiger charge is 2.12. The summed E-state index contributed by atoms with van der Waals surface area (Å²) in [4.78, 5) is 0. The molecule has 4 heteroatoms. The van der Waals surface area contributed by atoms with Crippen molar-refractivity contribution in [2.45, 2.75) is 26.2 Å². The van der Waals surface area contributed by atoms with Gasteiger partial charge in [0, 0.05) is 0 Å². The Morgan fingerprint density at radius 2 is 1.77 bits per heavy atom. The highest BCUT2D eigenvalue weighted by molar-refractivity contribution is 7.80. The molecule has 3 nitrogen and oxygen atoms in total. The lowest BCUT2D eigenvalue weighted by atomic mass is 9.86.